The van der Waals surface area contributed by atoms with Gasteiger partial charge in [-0.25, -0.2) is 0 Å². The third kappa shape index (κ3) is 4.01. The first-order valence-electron chi connectivity index (χ1n) is 5.64. The smallest absolute Gasteiger partial charge is 0.0534 e. The minimum Gasteiger partial charge on any atom is -0.396 e. The zero-order chi connectivity index (χ0) is 11.1. The van der Waals surface area contributed by atoms with E-state index in [0.29, 0.717) is 0 Å². The lowest BCUT2D eigenvalue weighted by atomic mass is 10.3. The van der Waals surface area contributed by atoms with E-state index in [0.717, 1.165) is 32.6 Å². The number of aromatic nitrogens is 2. The van der Waals surface area contributed by atoms with Crippen LogP contribution in [-0.2, 0) is 13.1 Å². The van der Waals surface area contributed by atoms with Gasteiger partial charge in [-0.15, -0.1) is 0 Å². The van der Waals surface area contributed by atoms with Crippen LogP contribution < -0.4 is 0 Å². The quantitative estimate of drug-likeness (QED) is 0.734. The molecule has 0 saturated carbocycles. The second kappa shape index (κ2) is 6.58. The first kappa shape index (κ1) is 12.2. The SMILES string of the molecule is CCN(CCCO)Cc1cnn(CC)c1. The van der Waals surface area contributed by atoms with Gasteiger partial charge in [0.2, 0.25) is 0 Å². The van der Waals surface area contributed by atoms with E-state index < -0.39 is 0 Å². The molecule has 0 saturated heterocycles. The van der Waals surface area contributed by atoms with Gasteiger partial charge in [0.15, 0.2) is 0 Å². The molecule has 0 aliphatic heterocycles. The van der Waals surface area contributed by atoms with Gasteiger partial charge >= 0.3 is 0 Å². The van der Waals surface area contributed by atoms with Crippen molar-refractivity contribution in [1.82, 2.24) is 14.7 Å². The summed E-state index contributed by atoms with van der Waals surface area (Å²) in [6, 6.07) is 0. The molecule has 1 heterocycles. The summed E-state index contributed by atoms with van der Waals surface area (Å²) in [6.45, 7) is 8.30. The summed E-state index contributed by atoms with van der Waals surface area (Å²) in [7, 11) is 0. The summed E-state index contributed by atoms with van der Waals surface area (Å²) in [4.78, 5) is 2.31. The summed E-state index contributed by atoms with van der Waals surface area (Å²) in [6.07, 6.45) is 4.85. The molecule has 4 heteroatoms. The predicted molar refractivity (Wildman–Crippen MR) is 60.6 cm³/mol. The van der Waals surface area contributed by atoms with Crippen molar-refractivity contribution in [3.05, 3.63) is 18.0 Å². The average Bonchev–Trinajstić information content (AvgIpc) is 2.71. The van der Waals surface area contributed by atoms with Crippen molar-refractivity contribution in [2.24, 2.45) is 0 Å². The Bertz CT molecular complexity index is 273. The highest BCUT2D eigenvalue weighted by Gasteiger charge is 2.04. The largest absolute Gasteiger partial charge is 0.396 e. The van der Waals surface area contributed by atoms with Crippen LogP contribution in [0.15, 0.2) is 12.4 Å². The maximum Gasteiger partial charge on any atom is 0.0534 e. The lowest BCUT2D eigenvalue weighted by Crippen LogP contribution is -2.24. The van der Waals surface area contributed by atoms with Crippen LogP contribution in [0.1, 0.15) is 25.8 Å². The Labute approximate surface area is 91.5 Å². The predicted octanol–water partition coefficient (Wildman–Crippen LogP) is 1.11. The maximum absolute atomic E-state index is 8.78. The van der Waals surface area contributed by atoms with E-state index in [9.17, 15) is 0 Å². The Balaban J connectivity index is 2.43. The van der Waals surface area contributed by atoms with E-state index in [1.807, 2.05) is 10.9 Å². The minimum atomic E-state index is 0.269. The zero-order valence-corrected chi connectivity index (χ0v) is 9.69. The van der Waals surface area contributed by atoms with Crippen LogP contribution in [0.4, 0.5) is 0 Å². The lowest BCUT2D eigenvalue weighted by molar-refractivity contribution is 0.225. The van der Waals surface area contributed by atoms with Gasteiger partial charge in [0.05, 0.1) is 6.20 Å². The monoisotopic (exact) mass is 211 g/mol. The van der Waals surface area contributed by atoms with E-state index in [-0.39, 0.29) is 6.61 Å². The van der Waals surface area contributed by atoms with Crippen molar-refractivity contribution in [3.63, 3.8) is 0 Å². The van der Waals surface area contributed by atoms with Gasteiger partial charge in [0.25, 0.3) is 0 Å². The standard InChI is InChI=1S/C11H21N3O/c1-3-13(6-5-7-15)9-11-8-12-14(4-2)10-11/h8,10,15H,3-7,9H2,1-2H3. The second-order valence-corrected chi connectivity index (χ2v) is 3.65. The van der Waals surface area contributed by atoms with Crippen molar-refractivity contribution < 1.29 is 5.11 Å². The number of aliphatic hydroxyl groups is 1. The molecule has 1 aromatic rings. The molecule has 0 amide bonds. The molecule has 1 aromatic heterocycles. The third-order valence-electron chi connectivity index (χ3n) is 2.50. The fourth-order valence-electron chi connectivity index (χ4n) is 1.56. The highest BCUT2D eigenvalue weighted by atomic mass is 16.3. The number of aryl methyl sites for hydroxylation is 1. The highest BCUT2D eigenvalue weighted by Crippen LogP contribution is 2.04. The molecule has 1 rings (SSSR count). The zero-order valence-electron chi connectivity index (χ0n) is 9.69. The highest BCUT2D eigenvalue weighted by molar-refractivity contribution is 5.03. The van der Waals surface area contributed by atoms with Crippen LogP contribution in [0.2, 0.25) is 0 Å². The van der Waals surface area contributed by atoms with E-state index in [1.165, 1.54) is 5.56 Å². The number of aliphatic hydroxyl groups excluding tert-OH is 1. The molecule has 0 radical (unpaired) electrons. The molecular weight excluding hydrogens is 190 g/mol. The molecule has 0 aromatic carbocycles. The topological polar surface area (TPSA) is 41.3 Å². The number of nitrogens with zero attached hydrogens (tertiary/aromatic N) is 3. The second-order valence-electron chi connectivity index (χ2n) is 3.65. The van der Waals surface area contributed by atoms with Gasteiger partial charge in [-0.3, -0.25) is 9.58 Å². The summed E-state index contributed by atoms with van der Waals surface area (Å²) < 4.78 is 1.94. The first-order chi connectivity index (χ1) is 7.30. The fourth-order valence-corrected chi connectivity index (χ4v) is 1.56. The summed E-state index contributed by atoms with van der Waals surface area (Å²) in [5.74, 6) is 0. The van der Waals surface area contributed by atoms with Crippen LogP contribution in [0.3, 0.4) is 0 Å². The van der Waals surface area contributed by atoms with E-state index >= 15 is 0 Å². The lowest BCUT2D eigenvalue weighted by Gasteiger charge is -2.18. The fraction of sp³-hybridized carbons (Fsp3) is 0.727. The van der Waals surface area contributed by atoms with Gasteiger partial charge in [-0.1, -0.05) is 6.92 Å². The van der Waals surface area contributed by atoms with Crippen LogP contribution in [0, 0.1) is 0 Å². The van der Waals surface area contributed by atoms with E-state index in [1.54, 1.807) is 0 Å². The van der Waals surface area contributed by atoms with Gasteiger partial charge in [-0.05, 0) is 19.9 Å². The van der Waals surface area contributed by atoms with Crippen molar-refractivity contribution in [2.45, 2.75) is 33.4 Å². The molecule has 0 bridgehead atoms. The molecule has 0 spiro atoms. The van der Waals surface area contributed by atoms with Gasteiger partial charge in [0.1, 0.15) is 0 Å². The summed E-state index contributed by atoms with van der Waals surface area (Å²) >= 11 is 0. The molecule has 1 N–H and O–H groups in total. The minimum absolute atomic E-state index is 0.269. The van der Waals surface area contributed by atoms with Crippen molar-refractivity contribution >= 4 is 0 Å². The molecule has 86 valence electrons. The molecule has 4 nitrogen and oxygen atoms in total. The summed E-state index contributed by atoms with van der Waals surface area (Å²) in [5, 5.41) is 13.0. The number of hydrogen-bond donors (Lipinski definition) is 1. The van der Waals surface area contributed by atoms with Gasteiger partial charge in [0, 0.05) is 38.0 Å². The van der Waals surface area contributed by atoms with Crippen LogP contribution in [-0.4, -0.2) is 39.5 Å². The molecular formula is C11H21N3O. The molecule has 0 atom stereocenters. The molecule has 15 heavy (non-hydrogen) atoms. The molecule has 0 unspecified atom stereocenters. The first-order valence-corrected chi connectivity index (χ1v) is 5.64. The average molecular weight is 211 g/mol. The summed E-state index contributed by atoms with van der Waals surface area (Å²) in [5.41, 5.74) is 1.25. The Morgan fingerprint density at radius 2 is 2.27 bits per heavy atom. The van der Waals surface area contributed by atoms with E-state index in [4.69, 9.17) is 5.11 Å². The Morgan fingerprint density at radius 3 is 2.80 bits per heavy atom. The van der Waals surface area contributed by atoms with Crippen molar-refractivity contribution in [1.29, 1.82) is 0 Å². The van der Waals surface area contributed by atoms with Crippen LogP contribution >= 0.6 is 0 Å². The molecule has 0 aliphatic carbocycles. The number of hydrogen-bond acceptors (Lipinski definition) is 3. The van der Waals surface area contributed by atoms with Gasteiger partial charge < -0.3 is 5.11 Å². The van der Waals surface area contributed by atoms with Crippen LogP contribution in [0.25, 0.3) is 0 Å². The van der Waals surface area contributed by atoms with Gasteiger partial charge in [-0.2, -0.15) is 5.10 Å². The molecule has 0 fully saturated rings. The Kier molecular flexibility index (Phi) is 5.36. The normalized spacial score (nSPS) is 11.2. The van der Waals surface area contributed by atoms with Crippen molar-refractivity contribution in [3.8, 4) is 0 Å². The van der Waals surface area contributed by atoms with Crippen LogP contribution in [0.5, 0.6) is 0 Å². The Morgan fingerprint density at radius 1 is 1.47 bits per heavy atom. The van der Waals surface area contributed by atoms with Crippen molar-refractivity contribution in [2.75, 3.05) is 19.7 Å². The Hall–Kier alpha value is -0.870. The number of rotatable bonds is 7. The maximum atomic E-state index is 8.78. The van der Waals surface area contributed by atoms with E-state index in [2.05, 4.69) is 30.0 Å². The molecule has 0 aliphatic rings. The third-order valence-corrected chi connectivity index (χ3v) is 2.50.